The molecule has 0 saturated heterocycles. The Kier molecular flexibility index (Phi) is 5.40. The van der Waals surface area contributed by atoms with Crippen LogP contribution in [0.15, 0.2) is 0 Å². The predicted octanol–water partition coefficient (Wildman–Crippen LogP) is 0.761. The number of carbonyl (C=O) groups excluding carboxylic acids is 1. The standard InChI is InChI=1S/C12H23N3O3/c1-8(2)15(7-11(16)17)12(18)14-10-6-4-3-5-9(10)13/h8-10H,3-7,13H2,1-2H3,(H,14,18)(H,16,17). The Labute approximate surface area is 108 Å². The number of hydrogen-bond acceptors (Lipinski definition) is 3. The number of carboxylic acid groups (broad SMARTS) is 1. The molecule has 6 heteroatoms. The van der Waals surface area contributed by atoms with Crippen molar-refractivity contribution in [1.29, 1.82) is 0 Å². The van der Waals surface area contributed by atoms with Crippen LogP contribution in [-0.2, 0) is 4.79 Å². The maximum atomic E-state index is 12.0. The van der Waals surface area contributed by atoms with Crippen molar-refractivity contribution in [3.63, 3.8) is 0 Å². The maximum Gasteiger partial charge on any atom is 0.323 e. The van der Waals surface area contributed by atoms with Crippen molar-refractivity contribution < 1.29 is 14.7 Å². The monoisotopic (exact) mass is 257 g/mol. The Morgan fingerprint density at radius 3 is 2.50 bits per heavy atom. The zero-order valence-electron chi connectivity index (χ0n) is 11.1. The minimum absolute atomic E-state index is 0.0264. The topological polar surface area (TPSA) is 95.7 Å². The summed E-state index contributed by atoms with van der Waals surface area (Å²) in [6.45, 7) is 3.30. The van der Waals surface area contributed by atoms with E-state index in [0.717, 1.165) is 25.7 Å². The summed E-state index contributed by atoms with van der Waals surface area (Å²) in [4.78, 5) is 24.1. The molecule has 0 bridgehead atoms. The number of hydrogen-bond donors (Lipinski definition) is 3. The highest BCUT2D eigenvalue weighted by Gasteiger charge is 2.27. The minimum atomic E-state index is -1.01. The summed E-state index contributed by atoms with van der Waals surface area (Å²) in [5.74, 6) is -1.01. The van der Waals surface area contributed by atoms with Gasteiger partial charge in [-0.05, 0) is 26.7 Å². The van der Waals surface area contributed by atoms with Crippen LogP contribution < -0.4 is 11.1 Å². The molecule has 1 aliphatic carbocycles. The fraction of sp³-hybridized carbons (Fsp3) is 0.833. The highest BCUT2D eigenvalue weighted by Crippen LogP contribution is 2.17. The van der Waals surface area contributed by atoms with Gasteiger partial charge in [0, 0.05) is 18.1 Å². The molecular weight excluding hydrogens is 234 g/mol. The van der Waals surface area contributed by atoms with E-state index in [-0.39, 0.29) is 30.7 Å². The molecule has 2 unspecified atom stereocenters. The summed E-state index contributed by atoms with van der Waals surface area (Å²) in [5, 5.41) is 11.6. The van der Waals surface area contributed by atoms with Crippen LogP contribution in [-0.4, -0.2) is 46.7 Å². The molecule has 1 rings (SSSR count). The second-order valence-corrected chi connectivity index (χ2v) is 5.12. The van der Waals surface area contributed by atoms with E-state index in [1.54, 1.807) is 13.8 Å². The van der Waals surface area contributed by atoms with E-state index in [4.69, 9.17) is 10.8 Å². The molecule has 1 saturated carbocycles. The quantitative estimate of drug-likeness (QED) is 0.693. The van der Waals surface area contributed by atoms with Gasteiger partial charge >= 0.3 is 12.0 Å². The van der Waals surface area contributed by atoms with Gasteiger partial charge in [0.05, 0.1) is 0 Å². The number of carboxylic acids is 1. The van der Waals surface area contributed by atoms with E-state index in [1.165, 1.54) is 4.90 Å². The fourth-order valence-corrected chi connectivity index (χ4v) is 2.21. The summed E-state index contributed by atoms with van der Waals surface area (Å²) in [6.07, 6.45) is 3.92. The van der Waals surface area contributed by atoms with Gasteiger partial charge in [-0.3, -0.25) is 4.79 Å². The Balaban J connectivity index is 2.57. The van der Waals surface area contributed by atoms with Crippen molar-refractivity contribution >= 4 is 12.0 Å². The predicted molar refractivity (Wildman–Crippen MR) is 68.2 cm³/mol. The number of amides is 2. The number of nitrogens with two attached hydrogens (primary N) is 1. The van der Waals surface area contributed by atoms with Gasteiger partial charge in [0.2, 0.25) is 0 Å². The van der Waals surface area contributed by atoms with Crippen molar-refractivity contribution in [3.05, 3.63) is 0 Å². The molecule has 104 valence electrons. The highest BCUT2D eigenvalue weighted by atomic mass is 16.4. The molecule has 6 nitrogen and oxygen atoms in total. The lowest BCUT2D eigenvalue weighted by Crippen LogP contribution is -2.55. The molecule has 1 aliphatic rings. The molecule has 0 spiro atoms. The van der Waals surface area contributed by atoms with E-state index < -0.39 is 5.97 Å². The van der Waals surface area contributed by atoms with Gasteiger partial charge in [-0.25, -0.2) is 4.79 Å². The summed E-state index contributed by atoms with van der Waals surface area (Å²) in [5.41, 5.74) is 5.96. The smallest absolute Gasteiger partial charge is 0.323 e. The highest BCUT2D eigenvalue weighted by molar-refractivity contribution is 5.80. The molecule has 2 atom stereocenters. The zero-order chi connectivity index (χ0) is 13.7. The van der Waals surface area contributed by atoms with Gasteiger partial charge in [-0.15, -0.1) is 0 Å². The number of nitrogens with one attached hydrogen (secondary N) is 1. The van der Waals surface area contributed by atoms with Crippen molar-refractivity contribution in [2.45, 2.75) is 57.7 Å². The van der Waals surface area contributed by atoms with Gasteiger partial charge in [0.25, 0.3) is 0 Å². The van der Waals surface area contributed by atoms with Gasteiger partial charge in [-0.2, -0.15) is 0 Å². The first kappa shape index (κ1) is 14.8. The second-order valence-electron chi connectivity index (χ2n) is 5.12. The van der Waals surface area contributed by atoms with Crippen LogP contribution in [0, 0.1) is 0 Å². The fourth-order valence-electron chi connectivity index (χ4n) is 2.21. The van der Waals surface area contributed by atoms with Gasteiger partial charge in [-0.1, -0.05) is 12.8 Å². The maximum absolute atomic E-state index is 12.0. The number of urea groups is 1. The van der Waals surface area contributed by atoms with Crippen LogP contribution in [0.5, 0.6) is 0 Å². The third-order valence-corrected chi connectivity index (χ3v) is 3.32. The molecule has 0 aliphatic heterocycles. The van der Waals surface area contributed by atoms with E-state index in [0.29, 0.717) is 0 Å². The van der Waals surface area contributed by atoms with Crippen LogP contribution in [0.3, 0.4) is 0 Å². The average molecular weight is 257 g/mol. The zero-order valence-corrected chi connectivity index (χ0v) is 11.1. The Morgan fingerprint density at radius 2 is 2.00 bits per heavy atom. The van der Waals surface area contributed by atoms with Gasteiger partial charge < -0.3 is 21.1 Å². The van der Waals surface area contributed by atoms with E-state index in [2.05, 4.69) is 5.32 Å². The molecule has 0 heterocycles. The first-order valence-corrected chi connectivity index (χ1v) is 6.46. The summed E-state index contributed by atoms with van der Waals surface area (Å²) >= 11 is 0. The summed E-state index contributed by atoms with van der Waals surface area (Å²) < 4.78 is 0. The van der Waals surface area contributed by atoms with Crippen molar-refractivity contribution in [2.75, 3.05) is 6.54 Å². The number of rotatable bonds is 4. The van der Waals surface area contributed by atoms with Crippen LogP contribution >= 0.6 is 0 Å². The van der Waals surface area contributed by atoms with Crippen molar-refractivity contribution in [1.82, 2.24) is 10.2 Å². The minimum Gasteiger partial charge on any atom is -0.480 e. The number of aliphatic carboxylic acids is 1. The SMILES string of the molecule is CC(C)N(CC(=O)O)C(=O)NC1CCCCC1N. The van der Waals surface area contributed by atoms with Crippen LogP contribution in [0.2, 0.25) is 0 Å². The Bertz CT molecular complexity index is 307. The second kappa shape index (κ2) is 6.58. The number of carbonyl (C=O) groups is 2. The summed E-state index contributed by atoms with van der Waals surface area (Å²) in [7, 11) is 0. The van der Waals surface area contributed by atoms with E-state index in [9.17, 15) is 9.59 Å². The van der Waals surface area contributed by atoms with Gasteiger partial charge in [0.1, 0.15) is 6.54 Å². The lowest BCUT2D eigenvalue weighted by atomic mass is 9.91. The Morgan fingerprint density at radius 1 is 1.39 bits per heavy atom. The first-order chi connectivity index (χ1) is 8.41. The third-order valence-electron chi connectivity index (χ3n) is 3.32. The molecule has 0 radical (unpaired) electrons. The summed E-state index contributed by atoms with van der Waals surface area (Å²) in [6, 6.07) is -0.557. The number of nitrogens with zero attached hydrogens (tertiary/aromatic N) is 1. The van der Waals surface area contributed by atoms with E-state index >= 15 is 0 Å². The molecule has 18 heavy (non-hydrogen) atoms. The lowest BCUT2D eigenvalue weighted by Gasteiger charge is -2.33. The lowest BCUT2D eigenvalue weighted by molar-refractivity contribution is -0.138. The van der Waals surface area contributed by atoms with Crippen LogP contribution in [0.1, 0.15) is 39.5 Å². The Hall–Kier alpha value is -1.30. The molecule has 1 fully saturated rings. The van der Waals surface area contributed by atoms with Gasteiger partial charge in [0.15, 0.2) is 0 Å². The largest absolute Gasteiger partial charge is 0.480 e. The molecule has 2 amide bonds. The van der Waals surface area contributed by atoms with Crippen molar-refractivity contribution in [2.24, 2.45) is 5.73 Å². The van der Waals surface area contributed by atoms with Crippen LogP contribution in [0.4, 0.5) is 4.79 Å². The van der Waals surface area contributed by atoms with Crippen molar-refractivity contribution in [3.8, 4) is 0 Å². The third kappa shape index (κ3) is 4.18. The van der Waals surface area contributed by atoms with E-state index in [1.807, 2.05) is 0 Å². The molecule has 0 aromatic rings. The van der Waals surface area contributed by atoms with Crippen LogP contribution in [0.25, 0.3) is 0 Å². The average Bonchev–Trinajstić information content (AvgIpc) is 2.28. The molecule has 0 aromatic heterocycles. The molecular formula is C12H23N3O3. The first-order valence-electron chi connectivity index (χ1n) is 6.46. The molecule has 0 aromatic carbocycles. The normalized spacial score (nSPS) is 23.8. The molecule has 4 N–H and O–H groups in total.